The summed E-state index contributed by atoms with van der Waals surface area (Å²) in [7, 11) is 0. The van der Waals surface area contributed by atoms with Gasteiger partial charge in [-0.15, -0.1) is 10.2 Å². The number of rotatable bonds is 8. The van der Waals surface area contributed by atoms with Crippen LogP contribution in [0.2, 0.25) is 0 Å². The molecule has 5 rings (SSSR count). The van der Waals surface area contributed by atoms with Crippen LogP contribution in [-0.4, -0.2) is 32.7 Å². The van der Waals surface area contributed by atoms with Gasteiger partial charge in [-0.3, -0.25) is 10.1 Å². The lowest BCUT2D eigenvalue weighted by Gasteiger charge is -2.19. The third-order valence-corrected chi connectivity index (χ3v) is 6.49. The van der Waals surface area contributed by atoms with Gasteiger partial charge in [0.2, 0.25) is 24.1 Å². The van der Waals surface area contributed by atoms with Gasteiger partial charge in [0, 0.05) is 17.0 Å². The van der Waals surface area contributed by atoms with Gasteiger partial charge in [0.25, 0.3) is 5.69 Å². The Morgan fingerprint density at radius 1 is 1.15 bits per heavy atom. The first-order chi connectivity index (χ1) is 16.6. The van der Waals surface area contributed by atoms with Crippen LogP contribution in [0.3, 0.4) is 0 Å². The van der Waals surface area contributed by atoms with Crippen LogP contribution >= 0.6 is 11.8 Å². The van der Waals surface area contributed by atoms with Crippen LogP contribution in [0.25, 0.3) is 11.3 Å². The maximum Gasteiger partial charge on any atom is 0.282 e. The summed E-state index contributed by atoms with van der Waals surface area (Å²) >= 11 is 1.52. The molecule has 0 bridgehead atoms. The number of hydrogen-bond acceptors (Lipinski definition) is 10. The molecule has 0 fully saturated rings. The number of aromatic nitrogens is 3. The van der Waals surface area contributed by atoms with Crippen molar-refractivity contribution in [2.45, 2.75) is 44.0 Å². The molecule has 3 aromatic rings. The molecule has 0 saturated carbocycles. The minimum atomic E-state index is -0.906. The number of para-hydroxylation sites is 1. The average molecular weight is 482 g/mol. The largest absolute Gasteiger partial charge is 0.454 e. The number of benzene rings is 2. The molecule has 2 aromatic carbocycles. The fourth-order valence-corrected chi connectivity index (χ4v) is 4.63. The van der Waals surface area contributed by atoms with Crippen LogP contribution in [-0.2, 0) is 0 Å². The highest BCUT2D eigenvalue weighted by Gasteiger charge is 2.33. The number of nitro groups is 1. The van der Waals surface area contributed by atoms with Crippen molar-refractivity contribution < 1.29 is 19.1 Å². The Morgan fingerprint density at radius 3 is 2.79 bits per heavy atom. The Kier molecular flexibility index (Phi) is 6.35. The highest BCUT2D eigenvalue weighted by atomic mass is 32.2. The molecule has 176 valence electrons. The van der Waals surface area contributed by atoms with Crippen molar-refractivity contribution in [3.05, 3.63) is 52.1 Å². The van der Waals surface area contributed by atoms with Crippen LogP contribution in [0.4, 0.5) is 11.4 Å². The zero-order valence-corrected chi connectivity index (χ0v) is 19.3. The molecule has 1 N–H and O–H groups in total. The van der Waals surface area contributed by atoms with Gasteiger partial charge in [-0.25, -0.2) is 0 Å². The fourth-order valence-electron chi connectivity index (χ4n) is 3.86. The van der Waals surface area contributed by atoms with E-state index in [1.165, 1.54) is 30.7 Å². The Hall–Kier alpha value is -3.60. The SMILES string of the molecule is CCCCCCSc1nnc2c(n1)O[C@H](c1cc3c(cc1[N+](=O)[O-])OCO3)Nc1ccccc1-2. The van der Waals surface area contributed by atoms with E-state index >= 15 is 0 Å². The predicted molar refractivity (Wildman–Crippen MR) is 126 cm³/mol. The Balaban J connectivity index is 1.51. The lowest BCUT2D eigenvalue weighted by atomic mass is 10.1. The molecule has 1 atom stereocenters. The molecule has 0 saturated heterocycles. The zero-order valence-electron chi connectivity index (χ0n) is 18.5. The number of nitro benzene ring substituents is 1. The lowest BCUT2D eigenvalue weighted by Crippen LogP contribution is -2.18. The van der Waals surface area contributed by atoms with E-state index in [4.69, 9.17) is 14.2 Å². The van der Waals surface area contributed by atoms with E-state index in [2.05, 4.69) is 27.4 Å². The maximum atomic E-state index is 11.9. The Morgan fingerprint density at radius 2 is 1.97 bits per heavy atom. The Labute approximate surface area is 200 Å². The van der Waals surface area contributed by atoms with Gasteiger partial charge < -0.3 is 19.5 Å². The summed E-state index contributed by atoms with van der Waals surface area (Å²) in [6, 6.07) is 10.4. The fraction of sp³-hybridized carbons (Fsp3) is 0.348. The monoisotopic (exact) mass is 481 g/mol. The Bertz CT molecular complexity index is 1220. The summed E-state index contributed by atoms with van der Waals surface area (Å²) in [5.41, 5.74) is 2.08. The van der Waals surface area contributed by atoms with Crippen LogP contribution in [0, 0.1) is 10.1 Å². The van der Waals surface area contributed by atoms with Crippen molar-refractivity contribution in [2.24, 2.45) is 0 Å². The molecule has 1 aromatic heterocycles. The number of nitrogens with zero attached hydrogens (tertiary/aromatic N) is 4. The number of unbranched alkanes of at least 4 members (excludes halogenated alkanes) is 3. The molecule has 0 unspecified atom stereocenters. The topological polar surface area (TPSA) is 122 Å². The van der Waals surface area contributed by atoms with Gasteiger partial charge in [-0.1, -0.05) is 56.1 Å². The molecule has 0 radical (unpaired) electrons. The van der Waals surface area contributed by atoms with Gasteiger partial charge in [-0.2, -0.15) is 4.98 Å². The smallest absolute Gasteiger partial charge is 0.282 e. The quantitative estimate of drug-likeness (QED) is 0.195. The number of anilines is 1. The third-order valence-electron chi connectivity index (χ3n) is 5.56. The standard InChI is InChI=1S/C23H23N5O5S/c1-2-3-4-7-10-34-23-25-22-20(26-27-23)14-8-5-6-9-16(14)24-21(33-22)15-11-18-19(32-13-31-18)12-17(15)28(29)30/h5-6,8-9,11-12,21,24H,2-4,7,10,13H2,1H3/t21-/m1/s1. The minimum Gasteiger partial charge on any atom is -0.454 e. The zero-order chi connectivity index (χ0) is 23.5. The molecular formula is C23H23N5O5S. The summed E-state index contributed by atoms with van der Waals surface area (Å²) in [6.07, 6.45) is 3.69. The first kappa shape index (κ1) is 22.2. The number of fused-ring (bicyclic) bond motifs is 4. The van der Waals surface area contributed by atoms with Crippen LogP contribution < -0.4 is 19.5 Å². The second kappa shape index (κ2) is 9.72. The van der Waals surface area contributed by atoms with Crippen molar-refractivity contribution in [3.8, 4) is 28.6 Å². The van der Waals surface area contributed by atoms with E-state index in [9.17, 15) is 10.1 Å². The summed E-state index contributed by atoms with van der Waals surface area (Å²) < 4.78 is 17.0. The highest BCUT2D eigenvalue weighted by molar-refractivity contribution is 7.99. The van der Waals surface area contributed by atoms with Crippen molar-refractivity contribution in [3.63, 3.8) is 0 Å². The molecule has 10 nitrogen and oxygen atoms in total. The molecular weight excluding hydrogens is 458 g/mol. The summed E-state index contributed by atoms with van der Waals surface area (Å²) in [4.78, 5) is 16.0. The minimum absolute atomic E-state index is 0.0105. The molecule has 34 heavy (non-hydrogen) atoms. The van der Waals surface area contributed by atoms with E-state index in [0.717, 1.165) is 24.2 Å². The van der Waals surface area contributed by atoms with Crippen LogP contribution in [0.5, 0.6) is 17.4 Å². The lowest BCUT2D eigenvalue weighted by molar-refractivity contribution is -0.386. The van der Waals surface area contributed by atoms with Gasteiger partial charge in [-0.05, 0) is 18.6 Å². The van der Waals surface area contributed by atoms with Crippen molar-refractivity contribution in [1.29, 1.82) is 0 Å². The number of nitrogens with one attached hydrogen (secondary N) is 1. The van der Waals surface area contributed by atoms with E-state index in [-0.39, 0.29) is 18.4 Å². The second-order valence-electron chi connectivity index (χ2n) is 7.87. The molecule has 0 amide bonds. The number of hydrogen-bond donors (Lipinski definition) is 1. The van der Waals surface area contributed by atoms with E-state index in [1.807, 2.05) is 24.3 Å². The van der Waals surface area contributed by atoms with Gasteiger partial charge in [0.05, 0.1) is 16.6 Å². The van der Waals surface area contributed by atoms with Crippen molar-refractivity contribution in [2.75, 3.05) is 17.9 Å². The first-order valence-electron chi connectivity index (χ1n) is 11.1. The molecule has 2 aliphatic rings. The van der Waals surface area contributed by atoms with Gasteiger partial charge >= 0.3 is 0 Å². The van der Waals surface area contributed by atoms with Crippen LogP contribution in [0.15, 0.2) is 41.6 Å². The average Bonchev–Trinajstić information content (AvgIpc) is 3.24. The number of thioether (sulfide) groups is 1. The maximum absolute atomic E-state index is 11.9. The van der Waals surface area contributed by atoms with Crippen molar-refractivity contribution >= 4 is 23.1 Å². The summed E-state index contributed by atoms with van der Waals surface area (Å²) in [6.45, 7) is 2.19. The van der Waals surface area contributed by atoms with E-state index in [0.29, 0.717) is 33.6 Å². The molecule has 0 spiro atoms. The third kappa shape index (κ3) is 4.43. The van der Waals surface area contributed by atoms with E-state index < -0.39 is 11.2 Å². The summed E-state index contributed by atoms with van der Waals surface area (Å²) in [5, 5.41) is 24.3. The normalized spacial score (nSPS) is 15.5. The van der Waals surface area contributed by atoms with Crippen LogP contribution in [0.1, 0.15) is 44.4 Å². The van der Waals surface area contributed by atoms with Gasteiger partial charge in [0.1, 0.15) is 0 Å². The molecule has 0 aliphatic carbocycles. The summed E-state index contributed by atoms with van der Waals surface area (Å²) in [5.74, 6) is 1.90. The van der Waals surface area contributed by atoms with Crippen molar-refractivity contribution in [1.82, 2.24) is 15.2 Å². The molecule has 2 aliphatic heterocycles. The van der Waals surface area contributed by atoms with Gasteiger partial charge in [0.15, 0.2) is 17.2 Å². The second-order valence-corrected chi connectivity index (χ2v) is 8.93. The molecule has 11 heteroatoms. The molecule has 3 heterocycles. The highest BCUT2D eigenvalue weighted by Crippen LogP contribution is 2.44. The first-order valence-corrected chi connectivity index (χ1v) is 12.1. The van der Waals surface area contributed by atoms with E-state index in [1.54, 1.807) is 6.07 Å². The number of ether oxygens (including phenoxy) is 3. The predicted octanol–water partition coefficient (Wildman–Crippen LogP) is 5.35.